The van der Waals surface area contributed by atoms with Crippen LogP contribution in [0.4, 0.5) is 0 Å². The second-order valence-electron chi connectivity index (χ2n) is 2.37. The van der Waals surface area contributed by atoms with Gasteiger partial charge < -0.3 is 9.84 Å². The van der Waals surface area contributed by atoms with Crippen molar-refractivity contribution in [1.29, 1.82) is 0 Å². The largest absolute Gasteiger partial charge is 0.869 e. The molecule has 1 aromatic heterocycles. The summed E-state index contributed by atoms with van der Waals surface area (Å²) in [5.74, 6) is 0.709. The van der Waals surface area contributed by atoms with E-state index in [2.05, 4.69) is 0 Å². The molecule has 2 heterocycles. The van der Waals surface area contributed by atoms with E-state index in [1.54, 1.807) is 4.57 Å². The molecule has 11 heavy (non-hydrogen) atoms. The van der Waals surface area contributed by atoms with Crippen molar-refractivity contribution in [2.75, 3.05) is 0 Å². The van der Waals surface area contributed by atoms with Gasteiger partial charge in [0.1, 0.15) is 0 Å². The number of nitrogens with zero attached hydrogens (tertiary/aromatic N) is 1. The molecule has 0 bridgehead atoms. The summed E-state index contributed by atoms with van der Waals surface area (Å²) in [5, 5.41) is 10.8. The van der Waals surface area contributed by atoms with Crippen LogP contribution in [0, 0.1) is 0 Å². The van der Waals surface area contributed by atoms with E-state index in [9.17, 15) is 5.11 Å². The predicted molar refractivity (Wildman–Crippen MR) is 35.3 cm³/mol. The fourth-order valence-corrected chi connectivity index (χ4v) is 1.03. The lowest BCUT2D eigenvalue weighted by Gasteiger charge is -2.13. The summed E-state index contributed by atoms with van der Waals surface area (Å²) in [5.41, 5.74) is 0. The molecule has 0 N–H and O–H groups in total. The van der Waals surface area contributed by atoms with Crippen LogP contribution in [0.2, 0.25) is 0 Å². The highest BCUT2D eigenvalue weighted by Gasteiger charge is 2.12. The summed E-state index contributed by atoms with van der Waals surface area (Å²) in [6.45, 7) is 0.385. The average molecular weight is 149 g/mol. The zero-order valence-corrected chi connectivity index (χ0v) is 5.86. The summed E-state index contributed by atoms with van der Waals surface area (Å²) in [7, 11) is 0. The van der Waals surface area contributed by atoms with E-state index >= 15 is 0 Å². The molecule has 0 radical (unpaired) electrons. The highest BCUT2D eigenvalue weighted by molar-refractivity contribution is 5.06. The summed E-state index contributed by atoms with van der Waals surface area (Å²) >= 11 is 0. The summed E-state index contributed by atoms with van der Waals surface area (Å²) in [6, 6.07) is 5.56. The third-order valence-electron chi connectivity index (χ3n) is 1.54. The van der Waals surface area contributed by atoms with Gasteiger partial charge in [0.15, 0.2) is 12.7 Å². The van der Waals surface area contributed by atoms with Crippen molar-refractivity contribution >= 4 is 0 Å². The van der Waals surface area contributed by atoms with Crippen LogP contribution in [0.25, 0.3) is 0 Å². The van der Waals surface area contributed by atoms with Crippen LogP contribution in [0.3, 0.4) is 0 Å². The Hall–Kier alpha value is -1.51. The molecule has 0 atom stereocenters. The zero-order chi connectivity index (χ0) is 7.68. The highest BCUT2D eigenvalue weighted by Crippen LogP contribution is 2.07. The van der Waals surface area contributed by atoms with Crippen LogP contribution >= 0.6 is 0 Å². The first-order valence-electron chi connectivity index (χ1n) is 3.37. The molecule has 1 aromatic rings. The Morgan fingerprint density at radius 2 is 2.36 bits per heavy atom. The lowest BCUT2D eigenvalue weighted by atomic mass is 10.4. The van der Waals surface area contributed by atoms with Gasteiger partial charge in [-0.25, -0.2) is 0 Å². The molecular weight excluding hydrogens is 142 g/mol. The lowest BCUT2D eigenvalue weighted by Crippen LogP contribution is -2.41. The maximum atomic E-state index is 10.8. The fourth-order valence-electron chi connectivity index (χ4n) is 1.03. The zero-order valence-electron chi connectivity index (χ0n) is 5.86. The Morgan fingerprint density at radius 3 is 3.27 bits per heavy atom. The van der Waals surface area contributed by atoms with Crippen molar-refractivity contribution in [3.8, 4) is 5.88 Å². The molecular formula is C8H7NO2. The minimum Gasteiger partial charge on any atom is -0.869 e. The second kappa shape index (κ2) is 2.27. The molecule has 0 aromatic carbocycles. The van der Waals surface area contributed by atoms with Gasteiger partial charge in [-0.3, -0.25) is 0 Å². The number of pyridine rings is 1. The van der Waals surface area contributed by atoms with E-state index in [1.807, 2.05) is 24.4 Å². The predicted octanol–water partition coefficient (Wildman–Crippen LogP) is -0.432. The topological polar surface area (TPSA) is 36.2 Å². The maximum Gasteiger partial charge on any atom is 0.372 e. The number of ether oxygens (including phenoxy) is 1. The molecule has 0 saturated carbocycles. The van der Waals surface area contributed by atoms with Crippen LogP contribution in [0.15, 0.2) is 36.4 Å². The maximum absolute atomic E-state index is 10.8. The first-order valence-corrected chi connectivity index (χ1v) is 3.37. The lowest BCUT2D eigenvalue weighted by molar-refractivity contribution is -0.708. The molecule has 0 saturated heterocycles. The summed E-state index contributed by atoms with van der Waals surface area (Å²) in [6.07, 6.45) is 3.07. The monoisotopic (exact) mass is 149 g/mol. The van der Waals surface area contributed by atoms with E-state index in [0.29, 0.717) is 12.4 Å². The van der Waals surface area contributed by atoms with Crippen molar-refractivity contribution in [2.24, 2.45) is 0 Å². The molecule has 1 aliphatic rings. The third-order valence-corrected chi connectivity index (χ3v) is 1.54. The van der Waals surface area contributed by atoms with Gasteiger partial charge in [-0.2, -0.15) is 4.57 Å². The Morgan fingerprint density at radius 1 is 1.45 bits per heavy atom. The van der Waals surface area contributed by atoms with E-state index in [1.165, 1.54) is 6.26 Å². The molecule has 0 fully saturated rings. The quantitative estimate of drug-likeness (QED) is 0.469. The molecule has 3 heteroatoms. The molecule has 0 unspecified atom stereocenters. The molecule has 2 rings (SSSR count). The number of allylic oxidation sites excluding steroid dienone is 1. The van der Waals surface area contributed by atoms with Gasteiger partial charge in [0, 0.05) is 6.07 Å². The van der Waals surface area contributed by atoms with Crippen molar-refractivity contribution in [3.63, 3.8) is 0 Å². The van der Waals surface area contributed by atoms with Gasteiger partial charge in [0.25, 0.3) is 0 Å². The molecule has 0 aliphatic carbocycles. The van der Waals surface area contributed by atoms with Crippen molar-refractivity contribution in [3.05, 3.63) is 36.4 Å². The highest BCUT2D eigenvalue weighted by atomic mass is 16.5. The first-order chi connectivity index (χ1) is 5.36. The van der Waals surface area contributed by atoms with Crippen molar-refractivity contribution < 1.29 is 14.4 Å². The van der Waals surface area contributed by atoms with Crippen LogP contribution in [0.5, 0.6) is 5.88 Å². The van der Waals surface area contributed by atoms with Gasteiger partial charge in [-0.15, -0.1) is 0 Å². The van der Waals surface area contributed by atoms with Crippen LogP contribution < -0.4 is 14.4 Å². The Bertz CT molecular complexity index is 307. The van der Waals surface area contributed by atoms with Gasteiger partial charge in [0.2, 0.25) is 0 Å². The van der Waals surface area contributed by atoms with Gasteiger partial charge in [-0.1, -0.05) is 0 Å². The van der Waals surface area contributed by atoms with Crippen LogP contribution in [0.1, 0.15) is 0 Å². The van der Waals surface area contributed by atoms with Crippen LogP contribution in [-0.4, -0.2) is 0 Å². The molecule has 3 nitrogen and oxygen atoms in total. The minimum absolute atomic E-state index is 0.00583. The number of hydrogen-bond donors (Lipinski definition) is 0. The normalized spacial score (nSPS) is 14.7. The van der Waals surface area contributed by atoms with Gasteiger partial charge in [-0.05, 0) is 11.8 Å². The van der Waals surface area contributed by atoms with Gasteiger partial charge in [0.05, 0.1) is 12.3 Å². The van der Waals surface area contributed by atoms with E-state index in [0.717, 1.165) is 0 Å². The number of rotatable bonds is 0. The molecule has 0 amide bonds. The van der Waals surface area contributed by atoms with Crippen molar-refractivity contribution in [1.82, 2.24) is 0 Å². The van der Waals surface area contributed by atoms with Crippen LogP contribution in [-0.2, 0) is 6.54 Å². The Balaban J connectivity index is 2.42. The third kappa shape index (κ3) is 1.05. The first kappa shape index (κ1) is 6.22. The average Bonchev–Trinajstić information content (AvgIpc) is 2.04. The summed E-state index contributed by atoms with van der Waals surface area (Å²) < 4.78 is 6.79. The smallest absolute Gasteiger partial charge is 0.372 e. The molecule has 0 spiro atoms. The van der Waals surface area contributed by atoms with E-state index in [-0.39, 0.29) is 5.76 Å². The van der Waals surface area contributed by atoms with Crippen molar-refractivity contribution in [2.45, 2.75) is 6.54 Å². The fraction of sp³-hybridized carbons (Fsp3) is 0.125. The minimum atomic E-state index is -0.00583. The SMILES string of the molecule is [O-]C1=COc2cccc[n+]2C1. The molecule has 1 aliphatic heterocycles. The molecule has 56 valence electrons. The Labute approximate surface area is 64.2 Å². The number of fused-ring (bicyclic) bond motifs is 1. The van der Waals surface area contributed by atoms with E-state index in [4.69, 9.17) is 4.74 Å². The number of hydrogen-bond acceptors (Lipinski definition) is 2. The Kier molecular flexibility index (Phi) is 1.28. The van der Waals surface area contributed by atoms with E-state index < -0.39 is 0 Å². The summed E-state index contributed by atoms with van der Waals surface area (Å²) in [4.78, 5) is 0. The standard InChI is InChI=1S/C8H7NO2/c10-7-5-9-4-2-1-3-8(9)11-6-7/h1-4,6H,5H2. The second-order valence-corrected chi connectivity index (χ2v) is 2.37. The van der Waals surface area contributed by atoms with Gasteiger partial charge >= 0.3 is 5.88 Å². The number of aromatic nitrogens is 1.